The zero-order chi connectivity index (χ0) is 9.40. The van der Waals surface area contributed by atoms with Crippen molar-refractivity contribution in [2.24, 2.45) is 0 Å². The molecule has 0 aromatic carbocycles. The van der Waals surface area contributed by atoms with Gasteiger partial charge in [0.1, 0.15) is 0 Å². The Labute approximate surface area is 74.2 Å². The third-order valence-electron chi connectivity index (χ3n) is 1.60. The van der Waals surface area contributed by atoms with Crippen LogP contribution in [0.2, 0.25) is 0 Å². The third kappa shape index (κ3) is 7.54. The third-order valence-corrected chi connectivity index (χ3v) is 1.60. The molecule has 0 aliphatic rings. The predicted octanol–water partition coefficient (Wildman–Crippen LogP) is 1.06. The summed E-state index contributed by atoms with van der Waals surface area (Å²) in [6, 6.07) is 0. The molecule has 0 aliphatic heterocycles. The number of aliphatic hydroxyl groups is 1. The molecule has 0 aromatic rings. The molecule has 0 rings (SSSR count). The van der Waals surface area contributed by atoms with Crippen molar-refractivity contribution in [3.8, 4) is 0 Å². The molecule has 0 spiro atoms. The van der Waals surface area contributed by atoms with Crippen molar-refractivity contribution >= 4 is 5.91 Å². The van der Waals surface area contributed by atoms with E-state index in [9.17, 15) is 4.79 Å². The second-order valence-electron chi connectivity index (χ2n) is 3.11. The average molecular weight is 173 g/mol. The van der Waals surface area contributed by atoms with Gasteiger partial charge in [-0.25, -0.2) is 0 Å². The molecule has 1 atom stereocenters. The highest BCUT2D eigenvalue weighted by Crippen LogP contribution is 1.97. The number of nitrogens with one attached hydrogen (secondary N) is 1. The topological polar surface area (TPSA) is 49.3 Å². The van der Waals surface area contributed by atoms with Gasteiger partial charge in [-0.2, -0.15) is 0 Å². The van der Waals surface area contributed by atoms with Gasteiger partial charge in [0.15, 0.2) is 0 Å². The summed E-state index contributed by atoms with van der Waals surface area (Å²) in [6.07, 6.45) is 3.31. The van der Waals surface area contributed by atoms with Crippen molar-refractivity contribution in [2.75, 3.05) is 6.54 Å². The molecular weight excluding hydrogens is 154 g/mol. The number of aliphatic hydroxyl groups excluding tert-OH is 1. The number of unbranched alkanes of at least 4 members (excludes halogenated alkanes) is 2. The van der Waals surface area contributed by atoms with Crippen molar-refractivity contribution in [3.63, 3.8) is 0 Å². The molecule has 3 nitrogen and oxygen atoms in total. The largest absolute Gasteiger partial charge is 0.392 e. The van der Waals surface area contributed by atoms with Gasteiger partial charge in [-0.3, -0.25) is 4.79 Å². The molecule has 0 aliphatic carbocycles. The van der Waals surface area contributed by atoms with Crippen LogP contribution in [0.5, 0.6) is 0 Å². The van der Waals surface area contributed by atoms with Crippen molar-refractivity contribution in [1.82, 2.24) is 5.32 Å². The van der Waals surface area contributed by atoms with E-state index in [2.05, 4.69) is 12.2 Å². The number of amides is 1. The molecule has 0 aromatic heterocycles. The van der Waals surface area contributed by atoms with E-state index in [1.807, 2.05) is 0 Å². The molecule has 2 N–H and O–H groups in total. The number of hydrogen-bond acceptors (Lipinski definition) is 2. The Bertz CT molecular complexity index is 124. The summed E-state index contributed by atoms with van der Waals surface area (Å²) in [4.78, 5) is 11.0. The molecule has 72 valence electrons. The Morgan fingerprint density at radius 2 is 2.17 bits per heavy atom. The highest BCUT2D eigenvalue weighted by atomic mass is 16.3. The molecule has 0 bridgehead atoms. The monoisotopic (exact) mass is 173 g/mol. The van der Waals surface area contributed by atoms with E-state index >= 15 is 0 Å². The van der Waals surface area contributed by atoms with Gasteiger partial charge >= 0.3 is 0 Å². The zero-order valence-electron chi connectivity index (χ0n) is 7.97. The Hall–Kier alpha value is -0.570. The van der Waals surface area contributed by atoms with Crippen LogP contribution in [-0.4, -0.2) is 23.7 Å². The molecule has 1 unspecified atom stereocenters. The fourth-order valence-electron chi connectivity index (χ4n) is 0.885. The fourth-order valence-corrected chi connectivity index (χ4v) is 0.885. The van der Waals surface area contributed by atoms with E-state index in [4.69, 9.17) is 5.11 Å². The summed E-state index contributed by atoms with van der Waals surface area (Å²) in [7, 11) is 0. The van der Waals surface area contributed by atoms with Gasteiger partial charge in [0.05, 0.1) is 6.10 Å². The van der Waals surface area contributed by atoms with Crippen LogP contribution in [0.3, 0.4) is 0 Å². The molecule has 1 amide bonds. The fraction of sp³-hybridized carbons (Fsp3) is 0.889. The number of carbonyl (C=O) groups excluding carboxylic acids is 1. The van der Waals surface area contributed by atoms with Crippen LogP contribution in [0, 0.1) is 0 Å². The normalized spacial score (nSPS) is 12.6. The van der Waals surface area contributed by atoms with Crippen LogP contribution < -0.4 is 5.32 Å². The van der Waals surface area contributed by atoms with E-state index in [0.29, 0.717) is 13.0 Å². The summed E-state index contributed by atoms with van der Waals surface area (Å²) in [5, 5.41) is 11.5. The minimum atomic E-state index is -0.444. The summed E-state index contributed by atoms with van der Waals surface area (Å²) < 4.78 is 0. The van der Waals surface area contributed by atoms with E-state index in [0.717, 1.165) is 19.3 Å². The smallest absolute Gasteiger partial charge is 0.220 e. The van der Waals surface area contributed by atoms with E-state index < -0.39 is 6.10 Å². The number of carbonyl (C=O) groups is 1. The van der Waals surface area contributed by atoms with Gasteiger partial charge in [0.2, 0.25) is 5.91 Å². The van der Waals surface area contributed by atoms with E-state index in [-0.39, 0.29) is 5.91 Å². The van der Waals surface area contributed by atoms with Gasteiger partial charge in [-0.1, -0.05) is 19.8 Å². The Morgan fingerprint density at radius 1 is 1.50 bits per heavy atom. The lowest BCUT2D eigenvalue weighted by Crippen LogP contribution is -2.30. The lowest BCUT2D eigenvalue weighted by molar-refractivity contribution is -0.121. The molecular formula is C9H19NO2. The SMILES string of the molecule is CCCCCC(=O)NCC(C)O. The molecule has 12 heavy (non-hydrogen) atoms. The first-order valence-corrected chi connectivity index (χ1v) is 4.61. The van der Waals surface area contributed by atoms with Crippen LogP contribution in [0.25, 0.3) is 0 Å². The van der Waals surface area contributed by atoms with Crippen molar-refractivity contribution < 1.29 is 9.90 Å². The second-order valence-corrected chi connectivity index (χ2v) is 3.11. The lowest BCUT2D eigenvalue weighted by atomic mass is 10.2. The summed E-state index contributed by atoms with van der Waals surface area (Å²) >= 11 is 0. The summed E-state index contributed by atoms with van der Waals surface area (Å²) in [6.45, 7) is 4.13. The van der Waals surface area contributed by atoms with Gasteiger partial charge in [0, 0.05) is 13.0 Å². The minimum absolute atomic E-state index is 0.0457. The number of rotatable bonds is 6. The molecule has 0 saturated heterocycles. The highest BCUT2D eigenvalue weighted by molar-refractivity contribution is 5.75. The zero-order valence-corrected chi connectivity index (χ0v) is 7.97. The first-order valence-electron chi connectivity index (χ1n) is 4.61. The van der Waals surface area contributed by atoms with Crippen LogP contribution in [0.4, 0.5) is 0 Å². The van der Waals surface area contributed by atoms with Gasteiger partial charge < -0.3 is 10.4 Å². The first kappa shape index (κ1) is 11.4. The van der Waals surface area contributed by atoms with Crippen LogP contribution >= 0.6 is 0 Å². The van der Waals surface area contributed by atoms with Crippen LogP contribution in [0.15, 0.2) is 0 Å². The molecule has 3 heteroatoms. The highest BCUT2D eigenvalue weighted by Gasteiger charge is 2.01. The van der Waals surface area contributed by atoms with E-state index in [1.54, 1.807) is 6.92 Å². The van der Waals surface area contributed by atoms with Gasteiger partial charge in [-0.05, 0) is 13.3 Å². The van der Waals surface area contributed by atoms with Gasteiger partial charge in [-0.15, -0.1) is 0 Å². The summed E-state index contributed by atoms with van der Waals surface area (Å²) in [5.74, 6) is 0.0457. The molecule has 0 fully saturated rings. The van der Waals surface area contributed by atoms with Gasteiger partial charge in [0.25, 0.3) is 0 Å². The Morgan fingerprint density at radius 3 is 2.67 bits per heavy atom. The summed E-state index contributed by atoms with van der Waals surface area (Å²) in [5.41, 5.74) is 0. The standard InChI is InChI=1S/C9H19NO2/c1-3-4-5-6-9(12)10-7-8(2)11/h8,11H,3-7H2,1-2H3,(H,10,12). The van der Waals surface area contributed by atoms with Crippen LogP contribution in [-0.2, 0) is 4.79 Å². The number of hydrogen-bond donors (Lipinski definition) is 2. The maximum Gasteiger partial charge on any atom is 0.220 e. The predicted molar refractivity (Wildman–Crippen MR) is 48.8 cm³/mol. The second kappa shape index (κ2) is 7.10. The maximum absolute atomic E-state index is 11.0. The molecule has 0 saturated carbocycles. The van der Waals surface area contributed by atoms with Crippen molar-refractivity contribution in [2.45, 2.75) is 45.6 Å². The molecule has 0 radical (unpaired) electrons. The van der Waals surface area contributed by atoms with E-state index in [1.165, 1.54) is 0 Å². The minimum Gasteiger partial charge on any atom is -0.392 e. The van der Waals surface area contributed by atoms with Crippen molar-refractivity contribution in [3.05, 3.63) is 0 Å². The maximum atomic E-state index is 11.0. The first-order chi connectivity index (χ1) is 5.66. The molecule has 0 heterocycles. The Kier molecular flexibility index (Phi) is 6.76. The lowest BCUT2D eigenvalue weighted by Gasteiger charge is -2.06. The van der Waals surface area contributed by atoms with Crippen LogP contribution in [0.1, 0.15) is 39.5 Å². The average Bonchev–Trinajstić information content (AvgIpc) is 2.01. The Balaban J connectivity index is 3.22. The van der Waals surface area contributed by atoms with Crippen molar-refractivity contribution in [1.29, 1.82) is 0 Å². The quantitative estimate of drug-likeness (QED) is 0.590.